The van der Waals surface area contributed by atoms with Crippen molar-refractivity contribution in [1.82, 2.24) is 10.6 Å². The van der Waals surface area contributed by atoms with Crippen LogP contribution in [0.1, 0.15) is 34.8 Å². The van der Waals surface area contributed by atoms with Crippen molar-refractivity contribution in [2.75, 3.05) is 7.11 Å². The third-order valence-corrected chi connectivity index (χ3v) is 3.70. The first kappa shape index (κ1) is 18.7. The van der Waals surface area contributed by atoms with E-state index in [1.807, 2.05) is 49.4 Å². The minimum atomic E-state index is -0.243. The number of benzene rings is 2. The van der Waals surface area contributed by atoms with Gasteiger partial charge >= 0.3 is 0 Å². The second-order valence-corrected chi connectivity index (χ2v) is 5.97. The molecule has 0 aromatic heterocycles. The molecule has 2 rings (SSSR count). The van der Waals surface area contributed by atoms with Crippen molar-refractivity contribution in [3.63, 3.8) is 0 Å². The number of hydrogen-bond acceptors (Lipinski definition) is 3. The van der Waals surface area contributed by atoms with E-state index in [4.69, 9.17) is 4.74 Å². The van der Waals surface area contributed by atoms with Crippen LogP contribution in [-0.4, -0.2) is 25.0 Å². The zero-order valence-corrected chi connectivity index (χ0v) is 14.6. The Morgan fingerprint density at radius 1 is 1.04 bits per heavy atom. The van der Waals surface area contributed by atoms with Crippen molar-refractivity contribution >= 4 is 11.8 Å². The molecule has 5 heteroatoms. The predicted molar refractivity (Wildman–Crippen MR) is 97.0 cm³/mol. The fraction of sp³-hybridized carbons (Fsp3) is 0.300. The molecular formula is C20H24N2O3. The van der Waals surface area contributed by atoms with Gasteiger partial charge in [0.05, 0.1) is 6.61 Å². The van der Waals surface area contributed by atoms with E-state index in [1.54, 1.807) is 19.2 Å². The van der Waals surface area contributed by atoms with E-state index in [9.17, 15) is 9.59 Å². The molecule has 0 aliphatic carbocycles. The van der Waals surface area contributed by atoms with Crippen LogP contribution in [0.4, 0.5) is 0 Å². The number of ether oxygens (including phenoxy) is 1. The third kappa shape index (κ3) is 6.39. The molecule has 5 nitrogen and oxygen atoms in total. The van der Waals surface area contributed by atoms with Crippen LogP contribution in [0.5, 0.6) is 0 Å². The van der Waals surface area contributed by atoms with Gasteiger partial charge in [-0.3, -0.25) is 9.59 Å². The maximum absolute atomic E-state index is 12.1. The van der Waals surface area contributed by atoms with Gasteiger partial charge in [0.1, 0.15) is 0 Å². The summed E-state index contributed by atoms with van der Waals surface area (Å²) >= 11 is 0. The maximum atomic E-state index is 12.1. The first-order chi connectivity index (χ1) is 12.1. The summed E-state index contributed by atoms with van der Waals surface area (Å²) in [5.74, 6) is -0.272. The van der Waals surface area contributed by atoms with Gasteiger partial charge in [0.25, 0.3) is 5.91 Å². The lowest BCUT2D eigenvalue weighted by Crippen LogP contribution is -2.37. The van der Waals surface area contributed by atoms with E-state index in [-0.39, 0.29) is 24.3 Å². The van der Waals surface area contributed by atoms with Gasteiger partial charge in [-0.2, -0.15) is 0 Å². The summed E-state index contributed by atoms with van der Waals surface area (Å²) in [5, 5.41) is 5.72. The van der Waals surface area contributed by atoms with E-state index in [1.165, 1.54) is 0 Å². The highest BCUT2D eigenvalue weighted by atomic mass is 16.5. The highest BCUT2D eigenvalue weighted by Gasteiger charge is 2.13. The van der Waals surface area contributed by atoms with Gasteiger partial charge in [0.2, 0.25) is 5.91 Å². The van der Waals surface area contributed by atoms with Crippen LogP contribution in [-0.2, 0) is 22.7 Å². The number of amides is 2. The van der Waals surface area contributed by atoms with E-state index in [0.717, 1.165) is 11.1 Å². The number of nitrogens with one attached hydrogen (secondary N) is 2. The van der Waals surface area contributed by atoms with Crippen molar-refractivity contribution in [2.45, 2.75) is 32.5 Å². The van der Waals surface area contributed by atoms with Crippen LogP contribution < -0.4 is 10.6 Å². The summed E-state index contributed by atoms with van der Waals surface area (Å²) in [5.41, 5.74) is 2.67. The summed E-state index contributed by atoms with van der Waals surface area (Å²) in [6.45, 7) is 2.82. The van der Waals surface area contributed by atoms with Crippen LogP contribution in [0.25, 0.3) is 0 Å². The number of carbonyl (C=O) groups is 2. The van der Waals surface area contributed by atoms with Crippen LogP contribution >= 0.6 is 0 Å². The molecule has 2 amide bonds. The zero-order valence-electron chi connectivity index (χ0n) is 14.6. The van der Waals surface area contributed by atoms with Gasteiger partial charge in [-0.1, -0.05) is 42.5 Å². The summed E-state index contributed by atoms with van der Waals surface area (Å²) < 4.78 is 5.11. The fourth-order valence-corrected chi connectivity index (χ4v) is 2.49. The molecule has 132 valence electrons. The summed E-state index contributed by atoms with van der Waals surface area (Å²) in [4.78, 5) is 24.1. The Bertz CT molecular complexity index is 701. The summed E-state index contributed by atoms with van der Waals surface area (Å²) in [6.07, 6.45) is 0.232. The van der Waals surface area contributed by atoms with Gasteiger partial charge in [0, 0.05) is 31.7 Å². The van der Waals surface area contributed by atoms with E-state index >= 15 is 0 Å². The van der Waals surface area contributed by atoms with E-state index in [0.29, 0.717) is 18.7 Å². The maximum Gasteiger partial charge on any atom is 0.251 e. The summed E-state index contributed by atoms with van der Waals surface area (Å²) in [7, 11) is 1.65. The Labute approximate surface area is 148 Å². The molecule has 2 N–H and O–H groups in total. The zero-order chi connectivity index (χ0) is 18.1. The largest absolute Gasteiger partial charge is 0.380 e. The minimum absolute atomic E-state index is 0.0991. The number of carbonyl (C=O) groups excluding carboxylic acids is 2. The topological polar surface area (TPSA) is 67.4 Å². The lowest BCUT2D eigenvalue weighted by Gasteiger charge is -2.14. The van der Waals surface area contributed by atoms with Gasteiger partial charge in [0.15, 0.2) is 0 Å². The van der Waals surface area contributed by atoms with Crippen molar-refractivity contribution in [2.24, 2.45) is 0 Å². The normalized spacial score (nSPS) is 11.6. The highest BCUT2D eigenvalue weighted by Crippen LogP contribution is 2.06. The SMILES string of the molecule is COCc1cccc(CNC(=O)CC(C)NC(=O)c2ccccc2)c1. The Morgan fingerprint density at radius 2 is 1.76 bits per heavy atom. The molecule has 0 saturated carbocycles. The molecule has 1 unspecified atom stereocenters. The second kappa shape index (κ2) is 9.59. The minimum Gasteiger partial charge on any atom is -0.380 e. The monoisotopic (exact) mass is 340 g/mol. The van der Waals surface area contributed by atoms with Crippen LogP contribution in [0, 0.1) is 0 Å². The molecule has 0 saturated heterocycles. The molecule has 0 heterocycles. The molecule has 0 radical (unpaired) electrons. The van der Waals surface area contributed by atoms with Crippen molar-refractivity contribution in [3.05, 3.63) is 71.3 Å². The molecule has 1 atom stereocenters. The van der Waals surface area contributed by atoms with Gasteiger partial charge < -0.3 is 15.4 Å². The van der Waals surface area contributed by atoms with Gasteiger partial charge in [-0.05, 0) is 30.2 Å². The standard InChI is InChI=1S/C20H24N2O3/c1-15(22-20(24)18-9-4-3-5-10-18)11-19(23)21-13-16-7-6-8-17(12-16)14-25-2/h3-10,12,15H,11,13-14H2,1-2H3,(H,21,23)(H,22,24). The third-order valence-electron chi connectivity index (χ3n) is 3.70. The summed E-state index contributed by atoms with van der Waals surface area (Å²) in [6, 6.07) is 16.6. The lowest BCUT2D eigenvalue weighted by atomic mass is 10.1. The second-order valence-electron chi connectivity index (χ2n) is 5.97. The lowest BCUT2D eigenvalue weighted by molar-refractivity contribution is -0.121. The average molecular weight is 340 g/mol. The first-order valence-corrected chi connectivity index (χ1v) is 8.28. The molecule has 25 heavy (non-hydrogen) atoms. The van der Waals surface area contributed by atoms with Crippen molar-refractivity contribution < 1.29 is 14.3 Å². The molecule has 0 aliphatic heterocycles. The van der Waals surface area contributed by atoms with Gasteiger partial charge in [-0.15, -0.1) is 0 Å². The van der Waals surface area contributed by atoms with Crippen molar-refractivity contribution in [1.29, 1.82) is 0 Å². The van der Waals surface area contributed by atoms with Crippen LogP contribution in [0.2, 0.25) is 0 Å². The predicted octanol–water partition coefficient (Wildman–Crippen LogP) is 2.66. The Balaban J connectivity index is 1.77. The van der Waals surface area contributed by atoms with E-state index < -0.39 is 0 Å². The molecule has 0 spiro atoms. The molecule has 2 aromatic carbocycles. The Hall–Kier alpha value is -2.66. The van der Waals surface area contributed by atoms with Crippen LogP contribution in [0.15, 0.2) is 54.6 Å². The quantitative estimate of drug-likeness (QED) is 0.776. The highest BCUT2D eigenvalue weighted by molar-refractivity contribution is 5.94. The molecule has 0 bridgehead atoms. The molecule has 0 fully saturated rings. The molecule has 2 aromatic rings. The average Bonchev–Trinajstić information content (AvgIpc) is 2.61. The van der Waals surface area contributed by atoms with Crippen molar-refractivity contribution in [3.8, 4) is 0 Å². The number of hydrogen-bond donors (Lipinski definition) is 2. The Morgan fingerprint density at radius 3 is 2.48 bits per heavy atom. The molecule has 0 aliphatic rings. The smallest absolute Gasteiger partial charge is 0.251 e. The fourth-order valence-electron chi connectivity index (χ4n) is 2.49. The number of methoxy groups -OCH3 is 1. The van der Waals surface area contributed by atoms with Gasteiger partial charge in [-0.25, -0.2) is 0 Å². The Kier molecular flexibility index (Phi) is 7.16. The van der Waals surface area contributed by atoms with E-state index in [2.05, 4.69) is 10.6 Å². The van der Waals surface area contributed by atoms with Crippen LogP contribution in [0.3, 0.4) is 0 Å². The number of rotatable bonds is 8. The first-order valence-electron chi connectivity index (χ1n) is 8.28. The molecular weight excluding hydrogens is 316 g/mol.